The van der Waals surface area contributed by atoms with Crippen LogP contribution in [-0.4, -0.2) is 26.2 Å². The van der Waals surface area contributed by atoms with Gasteiger partial charge in [-0.15, -0.1) is 0 Å². The first-order chi connectivity index (χ1) is 6.57. The van der Waals surface area contributed by atoms with Crippen LogP contribution in [0, 0.1) is 16.7 Å². The predicted molar refractivity (Wildman–Crippen MR) is 60.3 cm³/mol. The Labute approximate surface area is 87.8 Å². The summed E-state index contributed by atoms with van der Waals surface area (Å²) in [6, 6.07) is 0.762. The van der Waals surface area contributed by atoms with Crippen molar-refractivity contribution in [1.82, 2.24) is 10.6 Å². The van der Waals surface area contributed by atoms with Gasteiger partial charge in [0.15, 0.2) is 0 Å². The highest BCUT2D eigenvalue weighted by Crippen LogP contribution is 2.63. The van der Waals surface area contributed by atoms with Crippen molar-refractivity contribution in [2.75, 3.05) is 20.1 Å². The van der Waals surface area contributed by atoms with Crippen LogP contribution in [0.5, 0.6) is 0 Å². The van der Waals surface area contributed by atoms with Crippen molar-refractivity contribution >= 4 is 0 Å². The molecule has 2 heteroatoms. The molecule has 0 aromatic carbocycles. The molecule has 1 heterocycles. The molecule has 2 N–H and O–H groups in total. The molecule has 1 saturated heterocycles. The molecule has 2 fully saturated rings. The minimum Gasteiger partial charge on any atom is -0.319 e. The second-order valence-electron chi connectivity index (χ2n) is 5.79. The molecular formula is C12H24N2. The average molecular weight is 196 g/mol. The standard InChI is InChI=1S/C12H24N2/c1-5-10-12(3)7-11(2,8-13-4)9(12)6-14-10/h9-10,13-14H,5-8H2,1-4H3. The lowest BCUT2D eigenvalue weighted by atomic mass is 9.46. The first kappa shape index (κ1) is 10.4. The second kappa shape index (κ2) is 3.21. The summed E-state index contributed by atoms with van der Waals surface area (Å²) in [5.74, 6) is 0.882. The molecule has 1 saturated carbocycles. The van der Waals surface area contributed by atoms with E-state index in [1.807, 2.05) is 0 Å². The molecule has 1 aliphatic heterocycles. The quantitative estimate of drug-likeness (QED) is 0.717. The van der Waals surface area contributed by atoms with E-state index in [1.54, 1.807) is 0 Å². The van der Waals surface area contributed by atoms with Gasteiger partial charge in [-0.25, -0.2) is 0 Å². The molecule has 2 nitrogen and oxygen atoms in total. The average Bonchev–Trinajstić information content (AvgIpc) is 2.38. The van der Waals surface area contributed by atoms with Crippen LogP contribution in [0.1, 0.15) is 33.6 Å². The molecule has 82 valence electrons. The lowest BCUT2D eigenvalue weighted by Gasteiger charge is -2.59. The van der Waals surface area contributed by atoms with Crippen molar-refractivity contribution in [2.45, 2.75) is 39.7 Å². The van der Waals surface area contributed by atoms with E-state index in [1.165, 1.54) is 25.9 Å². The van der Waals surface area contributed by atoms with E-state index in [4.69, 9.17) is 0 Å². The van der Waals surface area contributed by atoms with Crippen molar-refractivity contribution in [1.29, 1.82) is 0 Å². The van der Waals surface area contributed by atoms with Gasteiger partial charge in [0.05, 0.1) is 0 Å². The van der Waals surface area contributed by atoms with Gasteiger partial charge in [0.2, 0.25) is 0 Å². The molecular weight excluding hydrogens is 172 g/mol. The zero-order valence-corrected chi connectivity index (χ0v) is 9.98. The van der Waals surface area contributed by atoms with Crippen molar-refractivity contribution in [3.05, 3.63) is 0 Å². The minimum absolute atomic E-state index is 0.542. The summed E-state index contributed by atoms with van der Waals surface area (Å²) in [5, 5.41) is 7.04. The first-order valence-corrected chi connectivity index (χ1v) is 5.95. The zero-order chi connectivity index (χ0) is 10.4. The van der Waals surface area contributed by atoms with Crippen molar-refractivity contribution < 1.29 is 0 Å². The summed E-state index contributed by atoms with van der Waals surface area (Å²) in [4.78, 5) is 0. The van der Waals surface area contributed by atoms with Crippen LogP contribution in [0.4, 0.5) is 0 Å². The minimum atomic E-state index is 0.542. The monoisotopic (exact) mass is 196 g/mol. The van der Waals surface area contributed by atoms with Gasteiger partial charge >= 0.3 is 0 Å². The molecule has 0 amide bonds. The van der Waals surface area contributed by atoms with Crippen LogP contribution >= 0.6 is 0 Å². The molecule has 1 aliphatic carbocycles. The number of hydrogen-bond donors (Lipinski definition) is 2. The maximum Gasteiger partial charge on any atom is 0.0122 e. The van der Waals surface area contributed by atoms with Crippen molar-refractivity contribution in [3.8, 4) is 0 Å². The molecule has 14 heavy (non-hydrogen) atoms. The Hall–Kier alpha value is -0.0800. The fourth-order valence-electron chi connectivity index (χ4n) is 4.32. The fraction of sp³-hybridized carbons (Fsp3) is 1.00. The molecule has 0 bridgehead atoms. The molecule has 4 unspecified atom stereocenters. The fourth-order valence-corrected chi connectivity index (χ4v) is 4.32. The maximum absolute atomic E-state index is 3.69. The third kappa shape index (κ3) is 1.17. The molecule has 0 aromatic rings. The van der Waals surface area contributed by atoms with Gasteiger partial charge in [-0.3, -0.25) is 0 Å². The third-order valence-corrected chi connectivity index (χ3v) is 4.78. The largest absolute Gasteiger partial charge is 0.319 e. The van der Waals surface area contributed by atoms with Crippen LogP contribution in [0.2, 0.25) is 0 Å². The summed E-state index contributed by atoms with van der Waals surface area (Å²) in [7, 11) is 2.07. The van der Waals surface area contributed by atoms with Crippen LogP contribution in [0.15, 0.2) is 0 Å². The SMILES string of the molecule is CCC1NCC2C(C)(CNC)CC12C. The van der Waals surface area contributed by atoms with E-state index in [0.717, 1.165) is 12.0 Å². The third-order valence-electron chi connectivity index (χ3n) is 4.78. The van der Waals surface area contributed by atoms with Gasteiger partial charge in [0.25, 0.3) is 0 Å². The van der Waals surface area contributed by atoms with Gasteiger partial charge in [0, 0.05) is 12.6 Å². The summed E-state index contributed by atoms with van der Waals surface area (Å²) >= 11 is 0. The lowest BCUT2D eigenvalue weighted by molar-refractivity contribution is -0.0815. The Bertz CT molecular complexity index is 228. The normalized spacial score (nSPS) is 51.4. The summed E-state index contributed by atoms with van der Waals surface area (Å²) < 4.78 is 0. The number of fused-ring (bicyclic) bond motifs is 1. The van der Waals surface area contributed by atoms with E-state index >= 15 is 0 Å². The van der Waals surface area contributed by atoms with Crippen LogP contribution < -0.4 is 10.6 Å². The van der Waals surface area contributed by atoms with E-state index in [9.17, 15) is 0 Å². The number of rotatable bonds is 3. The van der Waals surface area contributed by atoms with E-state index in [-0.39, 0.29) is 0 Å². The maximum atomic E-state index is 3.69. The van der Waals surface area contributed by atoms with Gasteiger partial charge in [-0.1, -0.05) is 20.8 Å². The Morgan fingerprint density at radius 2 is 2.14 bits per heavy atom. The van der Waals surface area contributed by atoms with E-state index in [0.29, 0.717) is 10.8 Å². The summed E-state index contributed by atoms with van der Waals surface area (Å²) in [6.07, 6.45) is 2.67. The Morgan fingerprint density at radius 3 is 2.71 bits per heavy atom. The Balaban J connectivity index is 2.09. The highest BCUT2D eigenvalue weighted by atomic mass is 15.0. The van der Waals surface area contributed by atoms with Gasteiger partial charge < -0.3 is 10.6 Å². The summed E-state index contributed by atoms with van der Waals surface area (Å²) in [5.41, 5.74) is 1.13. The molecule has 2 aliphatic rings. The second-order valence-corrected chi connectivity index (χ2v) is 5.79. The molecule has 0 radical (unpaired) electrons. The Kier molecular flexibility index (Phi) is 2.39. The molecule has 2 rings (SSSR count). The molecule has 0 aromatic heterocycles. The highest BCUT2D eigenvalue weighted by molar-refractivity contribution is 5.15. The van der Waals surface area contributed by atoms with Crippen LogP contribution in [0.3, 0.4) is 0 Å². The highest BCUT2D eigenvalue weighted by Gasteiger charge is 2.63. The predicted octanol–water partition coefficient (Wildman–Crippen LogP) is 1.62. The smallest absolute Gasteiger partial charge is 0.0122 e. The van der Waals surface area contributed by atoms with E-state index in [2.05, 4.69) is 38.5 Å². The van der Waals surface area contributed by atoms with Crippen molar-refractivity contribution in [2.24, 2.45) is 16.7 Å². The van der Waals surface area contributed by atoms with Crippen molar-refractivity contribution in [3.63, 3.8) is 0 Å². The topological polar surface area (TPSA) is 24.1 Å². The van der Waals surface area contributed by atoms with Crippen LogP contribution in [0.25, 0.3) is 0 Å². The van der Waals surface area contributed by atoms with Crippen LogP contribution in [-0.2, 0) is 0 Å². The lowest BCUT2D eigenvalue weighted by Crippen LogP contribution is -2.58. The molecule has 4 atom stereocenters. The van der Waals surface area contributed by atoms with Gasteiger partial charge in [-0.2, -0.15) is 0 Å². The van der Waals surface area contributed by atoms with Gasteiger partial charge in [0.1, 0.15) is 0 Å². The van der Waals surface area contributed by atoms with E-state index < -0.39 is 0 Å². The van der Waals surface area contributed by atoms with Gasteiger partial charge in [-0.05, 0) is 43.2 Å². The number of hydrogen-bond acceptors (Lipinski definition) is 2. The zero-order valence-electron chi connectivity index (χ0n) is 9.98. The first-order valence-electron chi connectivity index (χ1n) is 5.95. The summed E-state index contributed by atoms with van der Waals surface area (Å²) in [6.45, 7) is 9.62. The molecule has 0 spiro atoms. The number of nitrogens with one attached hydrogen (secondary N) is 2. The Morgan fingerprint density at radius 1 is 1.43 bits per heavy atom.